The second kappa shape index (κ2) is 10.8. The van der Waals surface area contributed by atoms with Crippen LogP contribution in [0.15, 0.2) is 30.3 Å². The molecule has 2 aliphatic rings. The lowest BCUT2D eigenvalue weighted by atomic mass is 9.95. The van der Waals surface area contributed by atoms with E-state index in [1.165, 1.54) is 0 Å². The summed E-state index contributed by atoms with van der Waals surface area (Å²) < 4.78 is 40.4. The van der Waals surface area contributed by atoms with Crippen LogP contribution in [0, 0.1) is 0 Å². The summed E-state index contributed by atoms with van der Waals surface area (Å²) in [6, 6.07) is 8.04. The Morgan fingerprint density at radius 3 is 2.16 bits per heavy atom. The van der Waals surface area contributed by atoms with E-state index < -0.39 is 17.3 Å². The van der Waals surface area contributed by atoms with Crippen LogP contribution in [-0.4, -0.2) is 77.3 Å². The molecule has 200 valence electrons. The number of unbranched alkanes of at least 4 members (excludes halogenated alkanes) is 1. The number of nitrogens with zero attached hydrogens (tertiary/aromatic N) is 5. The Bertz CT molecular complexity index is 1110. The predicted molar refractivity (Wildman–Crippen MR) is 135 cm³/mol. The molecule has 0 spiro atoms. The number of rotatable bonds is 6. The SMILES string of the molecule is CC(C)(C)c1nc(N2CCN(CCCCN3CCC(=O)c4ccccc4C3=O)CC2)cc(C(F)(F)F)n1. The largest absolute Gasteiger partial charge is 0.433 e. The van der Waals surface area contributed by atoms with Crippen LogP contribution < -0.4 is 4.90 Å². The number of hydrogen-bond acceptors (Lipinski definition) is 6. The van der Waals surface area contributed by atoms with Crippen LogP contribution in [0.2, 0.25) is 0 Å². The number of alkyl halides is 3. The summed E-state index contributed by atoms with van der Waals surface area (Å²) in [6.07, 6.45) is -2.48. The summed E-state index contributed by atoms with van der Waals surface area (Å²) in [5.41, 5.74) is -0.512. The number of Topliss-reactive ketones (excluding diaryl/α,β-unsaturated/α-hetero) is 1. The molecule has 10 heteroatoms. The van der Waals surface area contributed by atoms with Crippen molar-refractivity contribution in [3.63, 3.8) is 0 Å². The molecule has 1 amide bonds. The van der Waals surface area contributed by atoms with Crippen LogP contribution in [-0.2, 0) is 11.6 Å². The molecule has 1 saturated heterocycles. The Balaban J connectivity index is 1.28. The number of halogens is 3. The van der Waals surface area contributed by atoms with E-state index in [2.05, 4.69) is 14.9 Å². The molecule has 1 aromatic heterocycles. The Kier molecular flexibility index (Phi) is 7.87. The van der Waals surface area contributed by atoms with Gasteiger partial charge in [0, 0.05) is 62.7 Å². The van der Waals surface area contributed by atoms with Crippen molar-refractivity contribution in [1.82, 2.24) is 19.8 Å². The Morgan fingerprint density at radius 1 is 0.865 bits per heavy atom. The van der Waals surface area contributed by atoms with Gasteiger partial charge in [0.05, 0.1) is 5.56 Å². The Morgan fingerprint density at radius 2 is 1.51 bits per heavy atom. The van der Waals surface area contributed by atoms with Crippen LogP contribution in [0.1, 0.15) is 72.3 Å². The summed E-state index contributed by atoms with van der Waals surface area (Å²) in [7, 11) is 0. The first-order chi connectivity index (χ1) is 17.4. The van der Waals surface area contributed by atoms with Gasteiger partial charge < -0.3 is 9.80 Å². The number of hydrogen-bond donors (Lipinski definition) is 0. The third kappa shape index (κ3) is 6.47. The van der Waals surface area contributed by atoms with E-state index in [1.54, 1.807) is 49.9 Å². The molecule has 0 unspecified atom stereocenters. The minimum atomic E-state index is -4.52. The minimum Gasteiger partial charge on any atom is -0.354 e. The lowest BCUT2D eigenvalue weighted by molar-refractivity contribution is -0.141. The van der Waals surface area contributed by atoms with Crippen molar-refractivity contribution < 1.29 is 22.8 Å². The van der Waals surface area contributed by atoms with E-state index in [0.717, 1.165) is 38.5 Å². The van der Waals surface area contributed by atoms with Crippen molar-refractivity contribution in [2.24, 2.45) is 0 Å². The van der Waals surface area contributed by atoms with Gasteiger partial charge in [-0.25, -0.2) is 9.97 Å². The second-order valence-corrected chi connectivity index (χ2v) is 10.7. The summed E-state index contributed by atoms with van der Waals surface area (Å²) in [5, 5.41) is 0. The fraction of sp³-hybridized carbons (Fsp3) is 0.556. The molecule has 0 aliphatic carbocycles. The number of aromatic nitrogens is 2. The van der Waals surface area contributed by atoms with Crippen molar-refractivity contribution in [3.8, 4) is 0 Å². The fourth-order valence-electron chi connectivity index (χ4n) is 4.68. The zero-order chi connectivity index (χ0) is 26.8. The van der Waals surface area contributed by atoms with E-state index in [4.69, 9.17) is 0 Å². The first-order valence-electron chi connectivity index (χ1n) is 12.8. The first kappa shape index (κ1) is 27.0. The molecule has 1 fully saturated rings. The second-order valence-electron chi connectivity index (χ2n) is 10.7. The summed E-state index contributed by atoms with van der Waals surface area (Å²) in [6.45, 7) is 9.90. The molecule has 4 rings (SSSR count). The number of amides is 1. The number of carbonyl (C=O) groups is 2. The van der Waals surface area contributed by atoms with E-state index in [1.807, 2.05) is 4.90 Å². The molecule has 3 heterocycles. The summed E-state index contributed by atoms with van der Waals surface area (Å²) in [4.78, 5) is 39.4. The normalized spacial score (nSPS) is 17.7. The highest BCUT2D eigenvalue weighted by atomic mass is 19.4. The van der Waals surface area contributed by atoms with Gasteiger partial charge >= 0.3 is 6.18 Å². The highest BCUT2D eigenvalue weighted by Crippen LogP contribution is 2.32. The molecule has 0 saturated carbocycles. The topological polar surface area (TPSA) is 69.6 Å². The molecule has 0 N–H and O–H groups in total. The van der Waals surface area contributed by atoms with Crippen LogP contribution in [0.4, 0.5) is 19.0 Å². The van der Waals surface area contributed by atoms with E-state index >= 15 is 0 Å². The minimum absolute atomic E-state index is 0.00461. The van der Waals surface area contributed by atoms with E-state index in [0.29, 0.717) is 49.5 Å². The number of piperazine rings is 1. The maximum atomic E-state index is 13.5. The quantitative estimate of drug-likeness (QED) is 0.529. The zero-order valence-electron chi connectivity index (χ0n) is 21.6. The monoisotopic (exact) mass is 517 g/mol. The molecule has 2 aliphatic heterocycles. The van der Waals surface area contributed by atoms with Crippen LogP contribution in [0.3, 0.4) is 0 Å². The predicted octanol–water partition coefficient (Wildman–Crippen LogP) is 4.42. The van der Waals surface area contributed by atoms with Crippen molar-refractivity contribution in [1.29, 1.82) is 0 Å². The fourth-order valence-corrected chi connectivity index (χ4v) is 4.68. The molecule has 2 aromatic rings. The third-order valence-electron chi connectivity index (χ3n) is 6.88. The number of ketones is 1. The number of carbonyl (C=O) groups excluding carboxylic acids is 2. The number of anilines is 1. The van der Waals surface area contributed by atoms with E-state index in [-0.39, 0.29) is 17.5 Å². The highest BCUT2D eigenvalue weighted by Gasteiger charge is 2.36. The van der Waals surface area contributed by atoms with Crippen LogP contribution in [0.25, 0.3) is 0 Å². The average Bonchev–Trinajstić information content (AvgIpc) is 2.98. The van der Waals surface area contributed by atoms with Crippen LogP contribution >= 0.6 is 0 Å². The zero-order valence-corrected chi connectivity index (χ0v) is 21.6. The highest BCUT2D eigenvalue weighted by molar-refractivity contribution is 6.09. The summed E-state index contributed by atoms with van der Waals surface area (Å²) >= 11 is 0. The first-order valence-corrected chi connectivity index (χ1v) is 12.8. The molecule has 7 nitrogen and oxygen atoms in total. The van der Waals surface area contributed by atoms with Gasteiger partial charge in [-0.15, -0.1) is 0 Å². The molecule has 0 bridgehead atoms. The maximum Gasteiger partial charge on any atom is 0.433 e. The summed E-state index contributed by atoms with van der Waals surface area (Å²) in [5.74, 6) is 0.422. The molecule has 1 aromatic carbocycles. The average molecular weight is 518 g/mol. The van der Waals surface area contributed by atoms with Crippen molar-refractivity contribution in [3.05, 3.63) is 53.0 Å². The third-order valence-corrected chi connectivity index (χ3v) is 6.88. The van der Waals surface area contributed by atoms with Crippen LogP contribution in [0.5, 0.6) is 0 Å². The van der Waals surface area contributed by atoms with Gasteiger partial charge in [-0.05, 0) is 25.5 Å². The maximum absolute atomic E-state index is 13.5. The molecule has 37 heavy (non-hydrogen) atoms. The van der Waals surface area contributed by atoms with Gasteiger partial charge in [0.25, 0.3) is 5.91 Å². The lowest BCUT2D eigenvalue weighted by Gasteiger charge is -2.36. The van der Waals surface area contributed by atoms with Crippen molar-refractivity contribution >= 4 is 17.5 Å². The van der Waals surface area contributed by atoms with Crippen molar-refractivity contribution in [2.45, 2.75) is 51.6 Å². The van der Waals surface area contributed by atoms with Crippen molar-refractivity contribution in [2.75, 3.05) is 50.7 Å². The molecular weight excluding hydrogens is 483 g/mol. The lowest BCUT2D eigenvalue weighted by Crippen LogP contribution is -2.47. The van der Waals surface area contributed by atoms with E-state index in [9.17, 15) is 22.8 Å². The smallest absolute Gasteiger partial charge is 0.354 e. The molecular formula is C27H34F3N5O2. The van der Waals surface area contributed by atoms with Gasteiger partial charge in [-0.2, -0.15) is 13.2 Å². The van der Waals surface area contributed by atoms with Gasteiger partial charge in [-0.3, -0.25) is 14.5 Å². The van der Waals surface area contributed by atoms with Gasteiger partial charge in [0.15, 0.2) is 5.78 Å². The molecule has 0 radical (unpaired) electrons. The number of benzene rings is 1. The van der Waals surface area contributed by atoms with Gasteiger partial charge in [0.2, 0.25) is 0 Å². The van der Waals surface area contributed by atoms with Gasteiger partial charge in [-0.1, -0.05) is 39.0 Å². The Labute approximate surface area is 215 Å². The number of fused-ring (bicyclic) bond motifs is 1. The van der Waals surface area contributed by atoms with Gasteiger partial charge in [0.1, 0.15) is 17.3 Å². The Hall–Kier alpha value is -3.01. The standard InChI is InChI=1S/C27H34F3N5O2/c1-26(2,3)25-31-22(27(28,29)30)18-23(32-25)34-16-14-33(15-17-34)11-6-7-12-35-13-10-21(36)19-8-4-5-9-20(19)24(35)37/h4-5,8-9,18H,6-7,10-17H2,1-3H3. The molecule has 0 atom stereocenters.